The van der Waals surface area contributed by atoms with Crippen LogP contribution in [0.1, 0.15) is 12.8 Å². The number of rotatable bonds is 2. The number of primary amides is 1. The topological polar surface area (TPSA) is 104 Å². The van der Waals surface area contributed by atoms with Crippen LogP contribution in [0.3, 0.4) is 0 Å². The molecule has 7 heteroatoms. The van der Waals surface area contributed by atoms with Crippen LogP contribution in [-0.4, -0.2) is 59.0 Å². The van der Waals surface area contributed by atoms with Crippen LogP contribution in [0.15, 0.2) is 0 Å². The SMILES string of the molecule is NC(=O)C1CCN(C(=O)N2CCC(C(=O)O)C2)C1. The Bertz CT molecular complexity index is 350. The normalized spacial score (nSPS) is 27.6. The molecule has 0 aromatic heterocycles. The predicted octanol–water partition coefficient (Wildman–Crippen LogP) is -0.680. The summed E-state index contributed by atoms with van der Waals surface area (Å²) in [7, 11) is 0. The zero-order valence-corrected chi connectivity index (χ0v) is 10.0. The van der Waals surface area contributed by atoms with Crippen molar-refractivity contribution in [3.63, 3.8) is 0 Å². The highest BCUT2D eigenvalue weighted by atomic mass is 16.4. The highest BCUT2D eigenvalue weighted by Crippen LogP contribution is 2.22. The van der Waals surface area contributed by atoms with Gasteiger partial charge in [-0.2, -0.15) is 0 Å². The van der Waals surface area contributed by atoms with E-state index in [9.17, 15) is 14.4 Å². The second-order valence-electron chi connectivity index (χ2n) is 4.89. The van der Waals surface area contributed by atoms with E-state index in [0.29, 0.717) is 32.5 Å². The van der Waals surface area contributed by atoms with E-state index in [1.165, 1.54) is 0 Å². The molecule has 3 amide bonds. The summed E-state index contributed by atoms with van der Waals surface area (Å²) in [4.78, 5) is 37.1. The van der Waals surface area contributed by atoms with Crippen molar-refractivity contribution in [3.05, 3.63) is 0 Å². The lowest BCUT2D eigenvalue weighted by Crippen LogP contribution is -2.41. The molecule has 2 saturated heterocycles. The van der Waals surface area contributed by atoms with Crippen LogP contribution in [0.4, 0.5) is 4.79 Å². The molecule has 0 spiro atoms. The molecule has 2 heterocycles. The first kappa shape index (κ1) is 12.7. The standard InChI is InChI=1S/C11H17N3O4/c12-9(15)7-1-3-13(5-7)11(18)14-4-2-8(6-14)10(16)17/h7-8H,1-6H2,(H2,12,15)(H,16,17). The van der Waals surface area contributed by atoms with E-state index in [4.69, 9.17) is 10.8 Å². The summed E-state index contributed by atoms with van der Waals surface area (Å²) in [5.74, 6) is -1.98. The quantitative estimate of drug-likeness (QED) is 0.682. The van der Waals surface area contributed by atoms with Crippen LogP contribution in [0.25, 0.3) is 0 Å². The molecule has 100 valence electrons. The number of carboxylic acid groups (broad SMARTS) is 1. The van der Waals surface area contributed by atoms with Gasteiger partial charge in [-0.3, -0.25) is 9.59 Å². The Morgan fingerprint density at radius 2 is 1.50 bits per heavy atom. The zero-order valence-electron chi connectivity index (χ0n) is 10.0. The molecule has 2 unspecified atom stereocenters. The summed E-state index contributed by atoms with van der Waals surface area (Å²) in [6.07, 6.45) is 1.09. The van der Waals surface area contributed by atoms with E-state index in [2.05, 4.69) is 0 Å². The Kier molecular flexibility index (Phi) is 3.40. The summed E-state index contributed by atoms with van der Waals surface area (Å²) in [6, 6.07) is -0.178. The molecule has 0 radical (unpaired) electrons. The molecule has 0 bridgehead atoms. The van der Waals surface area contributed by atoms with Crippen LogP contribution in [0, 0.1) is 11.8 Å². The zero-order chi connectivity index (χ0) is 13.3. The van der Waals surface area contributed by atoms with Crippen molar-refractivity contribution in [1.82, 2.24) is 9.80 Å². The van der Waals surface area contributed by atoms with Gasteiger partial charge in [-0.05, 0) is 12.8 Å². The first-order valence-corrected chi connectivity index (χ1v) is 6.05. The fourth-order valence-electron chi connectivity index (χ4n) is 2.50. The average molecular weight is 255 g/mol. The Morgan fingerprint density at radius 3 is 1.89 bits per heavy atom. The third-order valence-corrected chi connectivity index (χ3v) is 3.67. The molecule has 0 saturated carbocycles. The van der Waals surface area contributed by atoms with Gasteiger partial charge in [-0.1, -0.05) is 0 Å². The Balaban J connectivity index is 1.90. The molecule has 2 aliphatic heterocycles. The van der Waals surface area contributed by atoms with Crippen LogP contribution in [0.5, 0.6) is 0 Å². The molecule has 0 aromatic rings. The van der Waals surface area contributed by atoms with Crippen LogP contribution in [-0.2, 0) is 9.59 Å². The summed E-state index contributed by atoms with van der Waals surface area (Å²) < 4.78 is 0. The molecular formula is C11H17N3O4. The third-order valence-electron chi connectivity index (χ3n) is 3.67. The van der Waals surface area contributed by atoms with Gasteiger partial charge in [0.15, 0.2) is 0 Å². The molecule has 2 rings (SSSR count). The maximum absolute atomic E-state index is 12.1. The molecular weight excluding hydrogens is 238 g/mol. The van der Waals surface area contributed by atoms with Crippen molar-refractivity contribution in [2.75, 3.05) is 26.2 Å². The third kappa shape index (κ3) is 2.39. The van der Waals surface area contributed by atoms with E-state index >= 15 is 0 Å². The van der Waals surface area contributed by atoms with E-state index in [1.807, 2.05) is 0 Å². The van der Waals surface area contributed by atoms with Gasteiger partial charge in [0, 0.05) is 26.2 Å². The predicted molar refractivity (Wildman–Crippen MR) is 61.6 cm³/mol. The molecule has 18 heavy (non-hydrogen) atoms. The highest BCUT2D eigenvalue weighted by molar-refractivity contribution is 5.81. The molecule has 0 aliphatic carbocycles. The Labute approximate surface area is 105 Å². The molecule has 2 atom stereocenters. The summed E-state index contributed by atoms with van der Waals surface area (Å²) in [5.41, 5.74) is 5.21. The number of amides is 3. The van der Waals surface area contributed by atoms with Crippen LogP contribution in [0.2, 0.25) is 0 Å². The minimum absolute atomic E-state index is 0.178. The number of hydrogen-bond acceptors (Lipinski definition) is 3. The van der Waals surface area contributed by atoms with Gasteiger partial charge < -0.3 is 20.6 Å². The maximum atomic E-state index is 12.1. The summed E-state index contributed by atoms with van der Waals surface area (Å²) in [5, 5.41) is 8.88. The van der Waals surface area contributed by atoms with E-state index in [-0.39, 0.29) is 24.4 Å². The number of carboxylic acids is 1. The minimum atomic E-state index is -0.860. The number of carbonyl (C=O) groups is 3. The van der Waals surface area contributed by atoms with Gasteiger partial charge in [0.05, 0.1) is 11.8 Å². The highest BCUT2D eigenvalue weighted by Gasteiger charge is 2.36. The van der Waals surface area contributed by atoms with Crippen molar-refractivity contribution in [2.24, 2.45) is 17.6 Å². The van der Waals surface area contributed by atoms with Gasteiger partial charge in [-0.25, -0.2) is 4.79 Å². The second-order valence-corrected chi connectivity index (χ2v) is 4.89. The molecule has 7 nitrogen and oxygen atoms in total. The monoisotopic (exact) mass is 255 g/mol. The van der Waals surface area contributed by atoms with Crippen LogP contribution < -0.4 is 5.73 Å². The van der Waals surface area contributed by atoms with Gasteiger partial charge in [-0.15, -0.1) is 0 Å². The van der Waals surface area contributed by atoms with Crippen molar-refractivity contribution in [2.45, 2.75) is 12.8 Å². The number of hydrogen-bond donors (Lipinski definition) is 2. The fourth-order valence-corrected chi connectivity index (χ4v) is 2.50. The van der Waals surface area contributed by atoms with E-state index in [0.717, 1.165) is 0 Å². The maximum Gasteiger partial charge on any atom is 0.320 e. The summed E-state index contributed by atoms with van der Waals surface area (Å²) in [6.45, 7) is 1.59. The van der Waals surface area contributed by atoms with Crippen LogP contribution >= 0.6 is 0 Å². The number of likely N-dealkylation sites (tertiary alicyclic amines) is 2. The number of nitrogens with zero attached hydrogens (tertiary/aromatic N) is 2. The lowest BCUT2D eigenvalue weighted by Gasteiger charge is -2.24. The number of nitrogens with two attached hydrogens (primary N) is 1. The van der Waals surface area contributed by atoms with Crippen molar-refractivity contribution in [3.8, 4) is 0 Å². The lowest BCUT2D eigenvalue weighted by molar-refractivity contribution is -0.141. The average Bonchev–Trinajstić information content (AvgIpc) is 2.97. The lowest BCUT2D eigenvalue weighted by atomic mass is 10.1. The first-order valence-electron chi connectivity index (χ1n) is 6.05. The number of urea groups is 1. The van der Waals surface area contributed by atoms with Gasteiger partial charge in [0.1, 0.15) is 0 Å². The molecule has 3 N–H and O–H groups in total. The Morgan fingerprint density at radius 1 is 1.00 bits per heavy atom. The Hall–Kier alpha value is -1.79. The largest absolute Gasteiger partial charge is 0.481 e. The molecule has 2 fully saturated rings. The van der Waals surface area contributed by atoms with Crippen molar-refractivity contribution >= 4 is 17.9 Å². The van der Waals surface area contributed by atoms with Gasteiger partial charge in [0.25, 0.3) is 0 Å². The van der Waals surface area contributed by atoms with Gasteiger partial charge >= 0.3 is 12.0 Å². The van der Waals surface area contributed by atoms with E-state index < -0.39 is 11.9 Å². The fraction of sp³-hybridized carbons (Fsp3) is 0.727. The van der Waals surface area contributed by atoms with Crippen molar-refractivity contribution < 1.29 is 19.5 Å². The smallest absolute Gasteiger partial charge is 0.320 e. The minimum Gasteiger partial charge on any atom is -0.481 e. The summed E-state index contributed by atoms with van der Waals surface area (Å²) >= 11 is 0. The first-order chi connectivity index (χ1) is 8.49. The van der Waals surface area contributed by atoms with E-state index in [1.54, 1.807) is 9.80 Å². The molecule has 0 aromatic carbocycles. The molecule has 2 aliphatic rings. The number of aliphatic carboxylic acids is 1. The number of carbonyl (C=O) groups excluding carboxylic acids is 2. The van der Waals surface area contributed by atoms with Crippen molar-refractivity contribution in [1.29, 1.82) is 0 Å². The van der Waals surface area contributed by atoms with Gasteiger partial charge in [0.2, 0.25) is 5.91 Å². The second kappa shape index (κ2) is 4.83.